The Morgan fingerprint density at radius 1 is 1.23 bits per heavy atom. The number of hydrogen-bond acceptors (Lipinski definition) is 6. The number of hydrogen-bond donors (Lipinski definition) is 1. The first-order valence-corrected chi connectivity index (χ1v) is 9.63. The number of thiophene rings is 1. The maximum Gasteiger partial charge on any atom is 0.261 e. The topological polar surface area (TPSA) is 76.9 Å². The number of nitrogens with zero attached hydrogens (tertiary/aromatic N) is 3. The van der Waals surface area contributed by atoms with Crippen molar-refractivity contribution in [2.24, 2.45) is 0 Å². The highest BCUT2D eigenvalue weighted by Crippen LogP contribution is 2.32. The van der Waals surface area contributed by atoms with Crippen LogP contribution in [0.5, 0.6) is 0 Å². The second-order valence-corrected chi connectivity index (χ2v) is 7.96. The van der Waals surface area contributed by atoms with Gasteiger partial charge in [0, 0.05) is 5.38 Å². The molecule has 4 aromatic rings. The number of aromatic nitrogens is 3. The standard InChI is InChI=1S/C17H11ClN4O2S2/c18-14-6-5-13(26-14)12-8-25-17(20-12)21-15(23)7-22-9-19-11-4-2-1-3-10(11)16(22)24/h1-6,8-9H,7H2,(H,20,21,23). The summed E-state index contributed by atoms with van der Waals surface area (Å²) in [5.41, 5.74) is 1.11. The number of nitrogens with one attached hydrogen (secondary N) is 1. The summed E-state index contributed by atoms with van der Waals surface area (Å²) in [7, 11) is 0. The highest BCUT2D eigenvalue weighted by atomic mass is 35.5. The first-order valence-electron chi connectivity index (χ1n) is 7.55. The van der Waals surface area contributed by atoms with Gasteiger partial charge in [0.15, 0.2) is 5.13 Å². The van der Waals surface area contributed by atoms with Crippen molar-refractivity contribution in [2.45, 2.75) is 6.54 Å². The Morgan fingerprint density at radius 3 is 2.88 bits per heavy atom. The molecular weight excluding hydrogens is 392 g/mol. The Morgan fingerprint density at radius 2 is 2.08 bits per heavy atom. The number of benzene rings is 1. The van der Waals surface area contributed by atoms with E-state index in [2.05, 4.69) is 15.3 Å². The Labute approximate surface area is 160 Å². The van der Waals surface area contributed by atoms with Crippen molar-refractivity contribution in [3.63, 3.8) is 0 Å². The summed E-state index contributed by atoms with van der Waals surface area (Å²) in [4.78, 5) is 34.2. The highest BCUT2D eigenvalue weighted by molar-refractivity contribution is 7.20. The van der Waals surface area contributed by atoms with Crippen LogP contribution in [0.2, 0.25) is 4.34 Å². The summed E-state index contributed by atoms with van der Waals surface area (Å²) >= 11 is 8.67. The van der Waals surface area contributed by atoms with Gasteiger partial charge in [0.2, 0.25) is 5.91 Å². The van der Waals surface area contributed by atoms with E-state index in [1.165, 1.54) is 33.6 Å². The molecule has 0 aliphatic heterocycles. The van der Waals surface area contributed by atoms with E-state index < -0.39 is 0 Å². The van der Waals surface area contributed by atoms with Gasteiger partial charge >= 0.3 is 0 Å². The molecule has 4 rings (SSSR count). The van der Waals surface area contributed by atoms with E-state index in [1.54, 1.807) is 24.3 Å². The Balaban J connectivity index is 1.50. The molecule has 0 aliphatic carbocycles. The lowest BCUT2D eigenvalue weighted by Gasteiger charge is -2.06. The molecule has 1 amide bonds. The van der Waals surface area contributed by atoms with Gasteiger partial charge in [-0.05, 0) is 24.3 Å². The van der Waals surface area contributed by atoms with Crippen molar-refractivity contribution in [1.82, 2.24) is 14.5 Å². The van der Waals surface area contributed by atoms with Crippen molar-refractivity contribution >= 4 is 56.2 Å². The van der Waals surface area contributed by atoms with Crippen LogP contribution >= 0.6 is 34.3 Å². The van der Waals surface area contributed by atoms with E-state index in [4.69, 9.17) is 11.6 Å². The summed E-state index contributed by atoms with van der Waals surface area (Å²) in [6, 6.07) is 10.7. The van der Waals surface area contributed by atoms with Gasteiger partial charge in [-0.15, -0.1) is 22.7 Å². The number of halogens is 1. The molecule has 9 heteroatoms. The normalized spacial score (nSPS) is 11.0. The predicted octanol–water partition coefficient (Wildman–Crippen LogP) is 3.87. The molecule has 0 unspecified atom stereocenters. The number of rotatable bonds is 4. The highest BCUT2D eigenvalue weighted by Gasteiger charge is 2.12. The molecule has 0 spiro atoms. The van der Waals surface area contributed by atoms with Crippen LogP contribution in [0.1, 0.15) is 0 Å². The van der Waals surface area contributed by atoms with Gasteiger partial charge in [-0.2, -0.15) is 0 Å². The number of fused-ring (bicyclic) bond motifs is 1. The van der Waals surface area contributed by atoms with Gasteiger partial charge in [-0.25, -0.2) is 9.97 Å². The van der Waals surface area contributed by atoms with Gasteiger partial charge in [0.1, 0.15) is 6.54 Å². The van der Waals surface area contributed by atoms with Crippen LogP contribution in [0, 0.1) is 0 Å². The van der Waals surface area contributed by atoms with E-state index in [9.17, 15) is 9.59 Å². The molecular formula is C17H11ClN4O2S2. The van der Waals surface area contributed by atoms with Crippen molar-refractivity contribution in [1.29, 1.82) is 0 Å². The van der Waals surface area contributed by atoms with Gasteiger partial charge in [-0.3, -0.25) is 14.2 Å². The minimum absolute atomic E-state index is 0.129. The average Bonchev–Trinajstić information content (AvgIpc) is 3.26. The summed E-state index contributed by atoms with van der Waals surface area (Å²) in [6.07, 6.45) is 1.38. The monoisotopic (exact) mass is 402 g/mol. The van der Waals surface area contributed by atoms with Crippen molar-refractivity contribution in [3.05, 3.63) is 62.8 Å². The summed E-state index contributed by atoms with van der Waals surface area (Å²) in [5, 5.41) is 5.51. The fourth-order valence-corrected chi connectivity index (χ4v) is 4.23. The van der Waals surface area contributed by atoms with E-state index in [0.29, 0.717) is 20.4 Å². The number of amides is 1. The Kier molecular flexibility index (Phi) is 4.54. The molecule has 130 valence electrons. The molecule has 3 aromatic heterocycles. The zero-order chi connectivity index (χ0) is 18.1. The predicted molar refractivity (Wildman–Crippen MR) is 105 cm³/mol. The second kappa shape index (κ2) is 6.99. The number of thiazole rings is 1. The smallest absolute Gasteiger partial charge is 0.261 e. The number of carbonyl (C=O) groups is 1. The lowest BCUT2D eigenvalue weighted by Crippen LogP contribution is -2.27. The van der Waals surface area contributed by atoms with Crippen LogP contribution in [-0.2, 0) is 11.3 Å². The summed E-state index contributed by atoms with van der Waals surface area (Å²) in [6.45, 7) is -0.129. The molecule has 0 fully saturated rings. The van der Waals surface area contributed by atoms with Gasteiger partial charge < -0.3 is 5.32 Å². The van der Waals surface area contributed by atoms with E-state index in [1.807, 2.05) is 17.5 Å². The van der Waals surface area contributed by atoms with Crippen LogP contribution in [0.25, 0.3) is 21.5 Å². The molecule has 0 atom stereocenters. The van der Waals surface area contributed by atoms with Crippen molar-refractivity contribution in [3.8, 4) is 10.6 Å². The first-order chi connectivity index (χ1) is 12.6. The molecule has 6 nitrogen and oxygen atoms in total. The molecule has 0 bridgehead atoms. The van der Waals surface area contributed by atoms with Gasteiger partial charge in [0.25, 0.3) is 5.56 Å². The molecule has 0 saturated heterocycles. The van der Waals surface area contributed by atoms with Gasteiger partial charge in [0.05, 0.1) is 32.1 Å². The lowest BCUT2D eigenvalue weighted by molar-refractivity contribution is -0.116. The number of anilines is 1. The summed E-state index contributed by atoms with van der Waals surface area (Å²) in [5.74, 6) is -0.339. The van der Waals surface area contributed by atoms with Crippen LogP contribution in [-0.4, -0.2) is 20.4 Å². The van der Waals surface area contributed by atoms with E-state index >= 15 is 0 Å². The lowest BCUT2D eigenvalue weighted by atomic mass is 10.2. The van der Waals surface area contributed by atoms with E-state index in [-0.39, 0.29) is 18.0 Å². The zero-order valence-electron chi connectivity index (χ0n) is 13.2. The summed E-state index contributed by atoms with van der Waals surface area (Å²) < 4.78 is 1.97. The van der Waals surface area contributed by atoms with E-state index in [0.717, 1.165) is 10.6 Å². The average molecular weight is 403 g/mol. The quantitative estimate of drug-likeness (QED) is 0.562. The molecule has 1 aromatic carbocycles. The van der Waals surface area contributed by atoms with Crippen LogP contribution in [0.3, 0.4) is 0 Å². The van der Waals surface area contributed by atoms with Crippen LogP contribution in [0.4, 0.5) is 5.13 Å². The molecule has 0 radical (unpaired) electrons. The fourth-order valence-electron chi connectivity index (χ4n) is 2.43. The minimum atomic E-state index is -0.339. The molecule has 0 aliphatic rings. The first kappa shape index (κ1) is 16.9. The third kappa shape index (κ3) is 3.39. The van der Waals surface area contributed by atoms with Crippen LogP contribution < -0.4 is 10.9 Å². The third-order valence-electron chi connectivity index (χ3n) is 3.62. The maximum absolute atomic E-state index is 12.4. The van der Waals surface area contributed by atoms with Crippen molar-refractivity contribution < 1.29 is 4.79 Å². The SMILES string of the molecule is O=C(Cn1cnc2ccccc2c1=O)Nc1nc(-c2ccc(Cl)s2)cs1. The van der Waals surface area contributed by atoms with Crippen molar-refractivity contribution in [2.75, 3.05) is 5.32 Å². The number of para-hydroxylation sites is 1. The molecule has 26 heavy (non-hydrogen) atoms. The number of carbonyl (C=O) groups excluding carboxylic acids is 1. The molecule has 3 heterocycles. The second-order valence-electron chi connectivity index (χ2n) is 5.38. The molecule has 0 saturated carbocycles. The zero-order valence-corrected chi connectivity index (χ0v) is 15.6. The maximum atomic E-state index is 12.4. The minimum Gasteiger partial charge on any atom is -0.300 e. The van der Waals surface area contributed by atoms with Gasteiger partial charge in [-0.1, -0.05) is 23.7 Å². The largest absolute Gasteiger partial charge is 0.300 e. The Bertz CT molecular complexity index is 1160. The Hall–Kier alpha value is -2.55. The fraction of sp³-hybridized carbons (Fsp3) is 0.0588. The third-order valence-corrected chi connectivity index (χ3v) is 5.63. The van der Waals surface area contributed by atoms with Crippen LogP contribution in [0.15, 0.2) is 52.9 Å². The molecule has 1 N–H and O–H groups in total.